The summed E-state index contributed by atoms with van der Waals surface area (Å²) in [5.41, 5.74) is 3.58. The van der Waals surface area contributed by atoms with Crippen LogP contribution in [-0.2, 0) is 4.74 Å². The van der Waals surface area contributed by atoms with Crippen LogP contribution >= 0.6 is 0 Å². The molecule has 3 aromatic rings. The molecule has 1 amide bonds. The van der Waals surface area contributed by atoms with E-state index in [9.17, 15) is 9.59 Å². The third kappa shape index (κ3) is 2.88. The highest BCUT2D eigenvalue weighted by Crippen LogP contribution is 2.39. The van der Waals surface area contributed by atoms with Gasteiger partial charge in [-0.15, -0.1) is 0 Å². The summed E-state index contributed by atoms with van der Waals surface area (Å²) in [4.78, 5) is 28.7. The van der Waals surface area contributed by atoms with Gasteiger partial charge >= 0.3 is 0 Å². The summed E-state index contributed by atoms with van der Waals surface area (Å²) in [5.74, 6) is -0.0677. The van der Waals surface area contributed by atoms with Gasteiger partial charge in [0.1, 0.15) is 5.58 Å². The molecule has 0 bridgehead atoms. The maximum Gasteiger partial charge on any atom is 0.291 e. The predicted molar refractivity (Wildman–Crippen MR) is 110 cm³/mol. The van der Waals surface area contributed by atoms with Gasteiger partial charge in [-0.2, -0.15) is 0 Å². The maximum absolute atomic E-state index is 13.6. The van der Waals surface area contributed by atoms with Crippen LogP contribution in [-0.4, -0.2) is 30.1 Å². The Kier molecular flexibility index (Phi) is 4.28. The molecule has 29 heavy (non-hydrogen) atoms. The highest BCUT2D eigenvalue weighted by atomic mass is 16.5. The third-order valence-corrected chi connectivity index (χ3v) is 5.95. The van der Waals surface area contributed by atoms with Crippen molar-refractivity contribution in [2.75, 3.05) is 13.2 Å². The van der Waals surface area contributed by atoms with E-state index < -0.39 is 6.04 Å². The molecule has 0 saturated carbocycles. The topological polar surface area (TPSA) is 59.8 Å². The van der Waals surface area contributed by atoms with Crippen molar-refractivity contribution in [3.8, 4) is 0 Å². The number of fused-ring (bicyclic) bond motifs is 2. The molecule has 2 unspecified atom stereocenters. The van der Waals surface area contributed by atoms with Crippen LogP contribution in [0.25, 0.3) is 11.0 Å². The van der Waals surface area contributed by atoms with Gasteiger partial charge in [0, 0.05) is 13.2 Å². The van der Waals surface area contributed by atoms with Crippen LogP contribution in [0.4, 0.5) is 0 Å². The number of aryl methyl sites for hydroxylation is 2. The lowest BCUT2D eigenvalue weighted by atomic mass is 9.97. The van der Waals surface area contributed by atoms with Gasteiger partial charge in [-0.25, -0.2) is 0 Å². The zero-order chi connectivity index (χ0) is 20.1. The molecular weight excluding hydrogens is 366 g/mol. The van der Waals surface area contributed by atoms with Gasteiger partial charge in [0.15, 0.2) is 5.43 Å². The van der Waals surface area contributed by atoms with Crippen LogP contribution in [0.15, 0.2) is 51.7 Å². The molecule has 2 aliphatic heterocycles. The number of amides is 1. The molecule has 148 valence electrons. The van der Waals surface area contributed by atoms with E-state index in [1.807, 2.05) is 56.3 Å². The zero-order valence-electron chi connectivity index (χ0n) is 16.6. The Bertz CT molecular complexity index is 1160. The Morgan fingerprint density at radius 1 is 1.10 bits per heavy atom. The van der Waals surface area contributed by atoms with Crippen LogP contribution in [0.5, 0.6) is 0 Å². The monoisotopic (exact) mass is 389 g/mol. The van der Waals surface area contributed by atoms with Crippen molar-refractivity contribution in [2.24, 2.45) is 0 Å². The fraction of sp³-hybridized carbons (Fsp3) is 0.333. The molecule has 1 aromatic heterocycles. The van der Waals surface area contributed by atoms with Gasteiger partial charge in [-0.3, -0.25) is 9.59 Å². The number of ether oxygens (including phenoxy) is 1. The average Bonchev–Trinajstić information content (AvgIpc) is 3.30. The first-order valence-corrected chi connectivity index (χ1v) is 10.1. The standard InChI is InChI=1S/C24H23NO4/c1-14-11-15(2)19-18(12-14)29-23-20(22(19)26)21(16-7-4-3-5-8-16)25(24(23)27)13-17-9-6-10-28-17/h3-5,7-8,11-12,17,21H,6,9-10,13H2,1-2H3. The molecule has 3 heterocycles. The minimum Gasteiger partial charge on any atom is -0.450 e. The largest absolute Gasteiger partial charge is 0.450 e. The van der Waals surface area contributed by atoms with E-state index in [2.05, 4.69) is 0 Å². The first kappa shape index (κ1) is 18.1. The Balaban J connectivity index is 1.74. The highest BCUT2D eigenvalue weighted by molar-refractivity contribution is 5.99. The van der Waals surface area contributed by atoms with Crippen molar-refractivity contribution in [3.63, 3.8) is 0 Å². The van der Waals surface area contributed by atoms with Crippen LogP contribution in [0.2, 0.25) is 0 Å². The Morgan fingerprint density at radius 3 is 2.62 bits per heavy atom. The molecule has 5 nitrogen and oxygen atoms in total. The molecule has 0 aliphatic carbocycles. The second kappa shape index (κ2) is 6.85. The van der Waals surface area contributed by atoms with Gasteiger partial charge in [0.2, 0.25) is 5.76 Å². The number of rotatable bonds is 3. The minimum absolute atomic E-state index is 0.00651. The molecule has 0 radical (unpaired) electrons. The molecule has 1 saturated heterocycles. The number of hydrogen-bond donors (Lipinski definition) is 0. The summed E-state index contributed by atoms with van der Waals surface area (Å²) in [7, 11) is 0. The van der Waals surface area contributed by atoms with Crippen LogP contribution < -0.4 is 5.43 Å². The van der Waals surface area contributed by atoms with Crippen molar-refractivity contribution in [3.05, 3.63) is 80.7 Å². The van der Waals surface area contributed by atoms with Gasteiger partial charge in [-0.1, -0.05) is 36.4 Å². The van der Waals surface area contributed by atoms with Crippen LogP contribution in [0.1, 0.15) is 51.7 Å². The number of hydrogen-bond acceptors (Lipinski definition) is 4. The summed E-state index contributed by atoms with van der Waals surface area (Å²) in [5, 5.41) is 0.557. The van der Waals surface area contributed by atoms with E-state index in [0.717, 1.165) is 36.1 Å². The average molecular weight is 389 g/mol. The molecule has 1 fully saturated rings. The van der Waals surface area contributed by atoms with Crippen molar-refractivity contribution in [2.45, 2.75) is 38.8 Å². The van der Waals surface area contributed by atoms with E-state index in [1.54, 1.807) is 4.90 Å². The fourth-order valence-electron chi connectivity index (χ4n) is 4.69. The Morgan fingerprint density at radius 2 is 1.90 bits per heavy atom. The highest BCUT2D eigenvalue weighted by Gasteiger charge is 2.43. The zero-order valence-corrected chi connectivity index (χ0v) is 16.6. The van der Waals surface area contributed by atoms with Gasteiger partial charge in [-0.05, 0) is 49.4 Å². The lowest BCUT2D eigenvalue weighted by Gasteiger charge is -2.27. The van der Waals surface area contributed by atoms with Crippen LogP contribution in [0, 0.1) is 13.8 Å². The van der Waals surface area contributed by atoms with Crippen molar-refractivity contribution < 1.29 is 13.9 Å². The van der Waals surface area contributed by atoms with E-state index in [0.29, 0.717) is 23.1 Å². The first-order valence-electron chi connectivity index (χ1n) is 10.1. The predicted octanol–water partition coefficient (Wildman–Crippen LogP) is 4.13. The molecule has 0 spiro atoms. The van der Waals surface area contributed by atoms with Gasteiger partial charge in [0.25, 0.3) is 5.91 Å². The Labute approximate surface area is 168 Å². The summed E-state index contributed by atoms with van der Waals surface area (Å²) in [6, 6.07) is 13.1. The quantitative estimate of drug-likeness (QED) is 0.676. The lowest BCUT2D eigenvalue weighted by molar-refractivity contribution is 0.0486. The van der Waals surface area contributed by atoms with Crippen molar-refractivity contribution in [1.82, 2.24) is 4.90 Å². The molecule has 5 rings (SSSR count). The molecule has 2 aromatic carbocycles. The number of benzene rings is 2. The number of carbonyl (C=O) groups is 1. The molecular formula is C24H23NO4. The summed E-state index contributed by atoms with van der Waals surface area (Å²) < 4.78 is 11.9. The summed E-state index contributed by atoms with van der Waals surface area (Å²) >= 11 is 0. The fourth-order valence-corrected chi connectivity index (χ4v) is 4.69. The second-order valence-corrected chi connectivity index (χ2v) is 8.03. The van der Waals surface area contributed by atoms with Crippen molar-refractivity contribution in [1.29, 1.82) is 0 Å². The van der Waals surface area contributed by atoms with Crippen molar-refractivity contribution >= 4 is 16.9 Å². The second-order valence-electron chi connectivity index (χ2n) is 8.03. The summed E-state index contributed by atoms with van der Waals surface area (Å²) in [6.45, 7) is 5.04. The maximum atomic E-state index is 13.6. The third-order valence-electron chi connectivity index (χ3n) is 5.95. The number of carbonyl (C=O) groups excluding carboxylic acids is 1. The minimum atomic E-state index is -0.454. The molecule has 2 atom stereocenters. The lowest BCUT2D eigenvalue weighted by Crippen LogP contribution is -2.36. The molecule has 2 aliphatic rings. The molecule has 0 N–H and O–H groups in total. The van der Waals surface area contributed by atoms with Gasteiger partial charge < -0.3 is 14.1 Å². The number of nitrogens with zero attached hydrogens (tertiary/aromatic N) is 1. The first-order chi connectivity index (χ1) is 14.0. The van der Waals surface area contributed by atoms with E-state index in [1.165, 1.54) is 0 Å². The van der Waals surface area contributed by atoms with E-state index in [4.69, 9.17) is 9.15 Å². The van der Waals surface area contributed by atoms with E-state index >= 15 is 0 Å². The smallest absolute Gasteiger partial charge is 0.291 e. The normalized spacial score (nSPS) is 21.2. The SMILES string of the molecule is Cc1cc(C)c2c(=O)c3c(oc2c1)C(=O)N(CC1CCCO1)C3c1ccccc1. The Hall–Kier alpha value is -2.92. The molecule has 5 heteroatoms. The van der Waals surface area contributed by atoms with Gasteiger partial charge in [0.05, 0.1) is 23.1 Å². The summed E-state index contributed by atoms with van der Waals surface area (Å²) in [6.07, 6.45) is 1.91. The van der Waals surface area contributed by atoms with E-state index in [-0.39, 0.29) is 23.2 Å². The van der Waals surface area contributed by atoms with Crippen LogP contribution in [0.3, 0.4) is 0 Å².